The molecule has 4 nitrogen and oxygen atoms in total. The van der Waals surface area contributed by atoms with Gasteiger partial charge in [0.2, 0.25) is 0 Å². The van der Waals surface area contributed by atoms with Crippen molar-refractivity contribution in [2.45, 2.75) is 38.5 Å². The standard InChI is InChI=1S/C15H19N3OS/c1-11(14-6-4-8-19-14)17-9-12-10-20-15(18-12)13-5-2-3-7-16-13/h2-3,5,7,10-11,14,17H,4,6,8-9H2,1H3. The van der Waals surface area contributed by atoms with Gasteiger partial charge in [0.15, 0.2) is 0 Å². The van der Waals surface area contributed by atoms with E-state index < -0.39 is 0 Å². The minimum Gasteiger partial charge on any atom is -0.377 e. The zero-order valence-electron chi connectivity index (χ0n) is 11.6. The van der Waals surface area contributed by atoms with E-state index in [9.17, 15) is 0 Å². The van der Waals surface area contributed by atoms with Crippen molar-refractivity contribution in [2.24, 2.45) is 0 Å². The van der Waals surface area contributed by atoms with Crippen LogP contribution >= 0.6 is 11.3 Å². The summed E-state index contributed by atoms with van der Waals surface area (Å²) < 4.78 is 5.69. The Labute approximate surface area is 123 Å². The highest BCUT2D eigenvalue weighted by Crippen LogP contribution is 2.21. The highest BCUT2D eigenvalue weighted by Gasteiger charge is 2.21. The van der Waals surface area contributed by atoms with Gasteiger partial charge in [-0.15, -0.1) is 11.3 Å². The average molecular weight is 289 g/mol. The van der Waals surface area contributed by atoms with Crippen LogP contribution in [-0.4, -0.2) is 28.7 Å². The molecule has 5 heteroatoms. The number of hydrogen-bond donors (Lipinski definition) is 1. The van der Waals surface area contributed by atoms with Crippen LogP contribution in [0.5, 0.6) is 0 Å². The summed E-state index contributed by atoms with van der Waals surface area (Å²) in [5.41, 5.74) is 2.01. The average Bonchev–Trinajstić information content (AvgIpc) is 3.17. The van der Waals surface area contributed by atoms with Gasteiger partial charge in [-0.05, 0) is 31.9 Å². The lowest BCUT2D eigenvalue weighted by atomic mass is 10.1. The van der Waals surface area contributed by atoms with Crippen molar-refractivity contribution in [1.82, 2.24) is 15.3 Å². The van der Waals surface area contributed by atoms with Crippen molar-refractivity contribution in [1.29, 1.82) is 0 Å². The van der Waals surface area contributed by atoms with E-state index in [0.29, 0.717) is 12.1 Å². The van der Waals surface area contributed by atoms with Crippen molar-refractivity contribution < 1.29 is 4.74 Å². The Morgan fingerprint density at radius 3 is 3.20 bits per heavy atom. The predicted octanol–water partition coefficient (Wildman–Crippen LogP) is 2.86. The zero-order valence-corrected chi connectivity index (χ0v) is 12.4. The lowest BCUT2D eigenvalue weighted by Gasteiger charge is -2.19. The first-order chi connectivity index (χ1) is 9.83. The smallest absolute Gasteiger partial charge is 0.142 e. The molecular weight excluding hydrogens is 270 g/mol. The molecule has 1 N–H and O–H groups in total. The van der Waals surface area contributed by atoms with Gasteiger partial charge in [0.25, 0.3) is 0 Å². The third kappa shape index (κ3) is 3.23. The van der Waals surface area contributed by atoms with Crippen molar-refractivity contribution in [3.63, 3.8) is 0 Å². The zero-order chi connectivity index (χ0) is 13.8. The molecule has 0 bridgehead atoms. The fraction of sp³-hybridized carbons (Fsp3) is 0.467. The van der Waals surface area contributed by atoms with Gasteiger partial charge in [-0.2, -0.15) is 0 Å². The topological polar surface area (TPSA) is 47.0 Å². The second-order valence-corrected chi connectivity index (χ2v) is 5.94. The summed E-state index contributed by atoms with van der Waals surface area (Å²) in [5.74, 6) is 0. The number of rotatable bonds is 5. The van der Waals surface area contributed by atoms with Gasteiger partial charge in [-0.1, -0.05) is 6.07 Å². The molecule has 106 valence electrons. The molecule has 0 aromatic carbocycles. The summed E-state index contributed by atoms with van der Waals surface area (Å²) >= 11 is 1.64. The van der Waals surface area contributed by atoms with Crippen molar-refractivity contribution in [3.05, 3.63) is 35.5 Å². The van der Waals surface area contributed by atoms with Crippen LogP contribution in [-0.2, 0) is 11.3 Å². The Kier molecular flexibility index (Phi) is 4.40. The largest absolute Gasteiger partial charge is 0.377 e. The molecule has 1 aliphatic heterocycles. The van der Waals surface area contributed by atoms with E-state index in [1.165, 1.54) is 6.42 Å². The maximum absolute atomic E-state index is 5.69. The van der Waals surface area contributed by atoms with E-state index in [1.54, 1.807) is 17.5 Å². The SMILES string of the molecule is CC(NCc1csc(-c2ccccn2)n1)C1CCCO1. The fourth-order valence-electron chi connectivity index (χ4n) is 2.39. The van der Waals surface area contributed by atoms with Crippen LogP contribution in [0.4, 0.5) is 0 Å². The molecule has 2 aromatic heterocycles. The Bertz CT molecular complexity index is 537. The first kappa shape index (κ1) is 13.7. The molecule has 3 rings (SSSR count). The van der Waals surface area contributed by atoms with Crippen LogP contribution < -0.4 is 5.32 Å². The van der Waals surface area contributed by atoms with Gasteiger partial charge >= 0.3 is 0 Å². The molecule has 1 aliphatic rings. The minimum atomic E-state index is 0.351. The first-order valence-electron chi connectivity index (χ1n) is 7.04. The molecule has 2 unspecified atom stereocenters. The fourth-order valence-corrected chi connectivity index (χ4v) is 3.18. The van der Waals surface area contributed by atoms with E-state index in [4.69, 9.17) is 4.74 Å². The Hall–Kier alpha value is -1.30. The lowest BCUT2D eigenvalue weighted by Crippen LogP contribution is -2.36. The van der Waals surface area contributed by atoms with Gasteiger partial charge < -0.3 is 10.1 Å². The van der Waals surface area contributed by atoms with E-state index >= 15 is 0 Å². The van der Waals surface area contributed by atoms with Crippen LogP contribution in [0.3, 0.4) is 0 Å². The number of ether oxygens (including phenoxy) is 1. The van der Waals surface area contributed by atoms with Crippen LogP contribution in [0.1, 0.15) is 25.5 Å². The summed E-state index contributed by atoms with van der Waals surface area (Å²) in [7, 11) is 0. The molecule has 1 fully saturated rings. The second-order valence-electron chi connectivity index (χ2n) is 5.08. The normalized spacial score (nSPS) is 20.1. The van der Waals surface area contributed by atoms with Gasteiger partial charge in [-0.25, -0.2) is 4.98 Å². The van der Waals surface area contributed by atoms with Crippen LogP contribution in [0.2, 0.25) is 0 Å². The number of nitrogens with one attached hydrogen (secondary N) is 1. The Morgan fingerprint density at radius 2 is 2.45 bits per heavy atom. The van der Waals surface area contributed by atoms with Crippen molar-refractivity contribution in [2.75, 3.05) is 6.61 Å². The molecule has 2 aromatic rings. The molecule has 1 saturated heterocycles. The third-order valence-corrected chi connectivity index (χ3v) is 4.48. The predicted molar refractivity (Wildman–Crippen MR) is 80.6 cm³/mol. The summed E-state index contributed by atoms with van der Waals surface area (Å²) in [4.78, 5) is 8.96. The Balaban J connectivity index is 1.57. The van der Waals surface area contributed by atoms with Crippen LogP contribution in [0.15, 0.2) is 29.8 Å². The molecule has 2 atom stereocenters. The first-order valence-corrected chi connectivity index (χ1v) is 7.91. The molecule has 0 radical (unpaired) electrons. The molecule has 3 heterocycles. The molecule has 20 heavy (non-hydrogen) atoms. The number of thiazole rings is 1. The summed E-state index contributed by atoms with van der Waals surface area (Å²) in [6.07, 6.45) is 4.49. The molecular formula is C15H19N3OS. The quantitative estimate of drug-likeness (QED) is 0.919. The summed E-state index contributed by atoms with van der Waals surface area (Å²) in [6.45, 7) is 3.86. The lowest BCUT2D eigenvalue weighted by molar-refractivity contribution is 0.0831. The highest BCUT2D eigenvalue weighted by molar-refractivity contribution is 7.13. The van der Waals surface area contributed by atoms with Crippen LogP contribution in [0.25, 0.3) is 10.7 Å². The van der Waals surface area contributed by atoms with E-state index in [1.807, 2.05) is 18.2 Å². The molecule has 0 saturated carbocycles. The number of pyridine rings is 1. The maximum Gasteiger partial charge on any atom is 0.142 e. The number of aromatic nitrogens is 2. The minimum absolute atomic E-state index is 0.351. The van der Waals surface area contributed by atoms with Gasteiger partial charge in [-0.3, -0.25) is 4.98 Å². The van der Waals surface area contributed by atoms with Crippen molar-refractivity contribution in [3.8, 4) is 10.7 Å². The molecule has 0 aliphatic carbocycles. The van der Waals surface area contributed by atoms with Crippen molar-refractivity contribution >= 4 is 11.3 Å². The third-order valence-electron chi connectivity index (χ3n) is 3.56. The summed E-state index contributed by atoms with van der Waals surface area (Å²) in [5, 5.41) is 6.58. The maximum atomic E-state index is 5.69. The monoisotopic (exact) mass is 289 g/mol. The van der Waals surface area contributed by atoms with E-state index in [2.05, 4.69) is 27.6 Å². The summed E-state index contributed by atoms with van der Waals surface area (Å²) in [6, 6.07) is 6.27. The van der Waals surface area contributed by atoms with E-state index in [-0.39, 0.29) is 0 Å². The Morgan fingerprint density at radius 1 is 1.50 bits per heavy atom. The molecule has 0 amide bonds. The number of nitrogens with zero attached hydrogens (tertiary/aromatic N) is 2. The highest BCUT2D eigenvalue weighted by atomic mass is 32.1. The second kappa shape index (κ2) is 6.43. The van der Waals surface area contributed by atoms with E-state index in [0.717, 1.165) is 36.0 Å². The number of hydrogen-bond acceptors (Lipinski definition) is 5. The van der Waals surface area contributed by atoms with Crippen LogP contribution in [0, 0.1) is 0 Å². The van der Waals surface area contributed by atoms with Gasteiger partial charge in [0.1, 0.15) is 5.01 Å². The van der Waals surface area contributed by atoms with Gasteiger partial charge in [0, 0.05) is 30.8 Å². The molecule has 0 spiro atoms. The van der Waals surface area contributed by atoms with Gasteiger partial charge in [0.05, 0.1) is 17.5 Å².